The van der Waals surface area contributed by atoms with Crippen LogP contribution in [0.5, 0.6) is 0 Å². The van der Waals surface area contributed by atoms with Gasteiger partial charge in [0.05, 0.1) is 22.2 Å². The lowest BCUT2D eigenvalue weighted by atomic mass is 10.1. The lowest BCUT2D eigenvalue weighted by Gasteiger charge is -2.04. The highest BCUT2D eigenvalue weighted by Gasteiger charge is 2.05. The molecule has 1 heterocycles. The van der Waals surface area contributed by atoms with E-state index in [1.54, 1.807) is 13.3 Å². The van der Waals surface area contributed by atoms with Crippen molar-refractivity contribution in [3.63, 3.8) is 0 Å². The molecule has 2 nitrogen and oxygen atoms in total. The van der Waals surface area contributed by atoms with Crippen LogP contribution in [0.4, 0.5) is 0 Å². The summed E-state index contributed by atoms with van der Waals surface area (Å²) in [6.45, 7) is 0.554. The van der Waals surface area contributed by atoms with Gasteiger partial charge in [0, 0.05) is 18.7 Å². The summed E-state index contributed by atoms with van der Waals surface area (Å²) in [6, 6.07) is 5.81. The second-order valence-electron chi connectivity index (χ2n) is 3.20. The highest BCUT2D eigenvalue weighted by molar-refractivity contribution is 6.45. The highest BCUT2D eigenvalue weighted by Crippen LogP contribution is 2.29. The maximum atomic E-state index is 6.09. The second-order valence-corrected chi connectivity index (χ2v) is 3.99. The lowest BCUT2D eigenvalue weighted by Crippen LogP contribution is -1.88. The van der Waals surface area contributed by atoms with Crippen LogP contribution in [0, 0.1) is 0 Å². The van der Waals surface area contributed by atoms with Gasteiger partial charge in [0.25, 0.3) is 0 Å². The van der Waals surface area contributed by atoms with Crippen LogP contribution >= 0.6 is 23.2 Å². The molecule has 2 rings (SSSR count). The van der Waals surface area contributed by atoms with Crippen LogP contribution in [-0.4, -0.2) is 12.1 Å². The molecule has 1 aromatic carbocycles. The molecule has 15 heavy (non-hydrogen) atoms. The zero-order valence-electron chi connectivity index (χ0n) is 8.13. The van der Waals surface area contributed by atoms with E-state index in [4.69, 9.17) is 27.9 Å². The molecule has 0 aliphatic heterocycles. The molecule has 1 aromatic heterocycles. The minimum Gasteiger partial charge on any atom is -0.380 e. The third kappa shape index (κ3) is 2.07. The van der Waals surface area contributed by atoms with Crippen LogP contribution in [0.3, 0.4) is 0 Å². The van der Waals surface area contributed by atoms with E-state index in [0.29, 0.717) is 16.7 Å². The second kappa shape index (κ2) is 4.35. The number of hydrogen-bond acceptors (Lipinski definition) is 2. The van der Waals surface area contributed by atoms with Crippen molar-refractivity contribution in [2.45, 2.75) is 6.61 Å². The Morgan fingerprint density at radius 3 is 2.87 bits per heavy atom. The fourth-order valence-electron chi connectivity index (χ4n) is 1.44. The quantitative estimate of drug-likeness (QED) is 0.801. The predicted molar refractivity (Wildman–Crippen MR) is 62.5 cm³/mol. The van der Waals surface area contributed by atoms with Gasteiger partial charge < -0.3 is 4.74 Å². The molecule has 0 saturated carbocycles. The molecule has 0 N–H and O–H groups in total. The van der Waals surface area contributed by atoms with Gasteiger partial charge in [-0.25, -0.2) is 0 Å². The summed E-state index contributed by atoms with van der Waals surface area (Å²) in [5, 5.41) is 1.87. The van der Waals surface area contributed by atoms with Crippen molar-refractivity contribution < 1.29 is 4.74 Å². The Kier molecular flexibility index (Phi) is 3.10. The average molecular weight is 242 g/mol. The Balaban J connectivity index is 2.63. The Morgan fingerprint density at radius 1 is 1.33 bits per heavy atom. The van der Waals surface area contributed by atoms with Crippen molar-refractivity contribution in [3.8, 4) is 0 Å². The van der Waals surface area contributed by atoms with Crippen LogP contribution in [0.1, 0.15) is 5.56 Å². The Labute approximate surface area is 97.8 Å². The van der Waals surface area contributed by atoms with Crippen LogP contribution in [0.25, 0.3) is 10.9 Å². The monoisotopic (exact) mass is 241 g/mol. The first kappa shape index (κ1) is 10.7. The third-order valence-corrected chi connectivity index (χ3v) is 2.93. The number of benzene rings is 1. The molecule has 0 amide bonds. The minimum absolute atomic E-state index is 0.471. The van der Waals surface area contributed by atoms with E-state index in [0.717, 1.165) is 16.5 Å². The third-order valence-electron chi connectivity index (χ3n) is 2.14. The molecule has 0 atom stereocenters. The number of hydrogen-bond donors (Lipinski definition) is 0. The minimum atomic E-state index is 0.471. The maximum Gasteiger partial charge on any atom is 0.0782 e. The highest BCUT2D eigenvalue weighted by atomic mass is 35.5. The van der Waals surface area contributed by atoms with Gasteiger partial charge in [0.2, 0.25) is 0 Å². The van der Waals surface area contributed by atoms with Gasteiger partial charge in [0.1, 0.15) is 0 Å². The molecule has 0 spiro atoms. The fraction of sp³-hybridized carbons (Fsp3) is 0.182. The van der Waals surface area contributed by atoms with Gasteiger partial charge in [-0.3, -0.25) is 4.98 Å². The Morgan fingerprint density at radius 2 is 2.13 bits per heavy atom. The summed E-state index contributed by atoms with van der Waals surface area (Å²) in [5.74, 6) is 0. The van der Waals surface area contributed by atoms with E-state index in [2.05, 4.69) is 4.98 Å². The van der Waals surface area contributed by atoms with Crippen molar-refractivity contribution in [2.24, 2.45) is 0 Å². The van der Waals surface area contributed by atoms with Crippen LogP contribution in [0.2, 0.25) is 10.0 Å². The Bertz CT molecular complexity index is 499. The Hall–Kier alpha value is -0.830. The summed E-state index contributed by atoms with van der Waals surface area (Å²) in [6.07, 6.45) is 1.56. The zero-order chi connectivity index (χ0) is 10.8. The first-order valence-corrected chi connectivity index (χ1v) is 5.19. The summed E-state index contributed by atoms with van der Waals surface area (Å²) < 4.78 is 5.05. The summed E-state index contributed by atoms with van der Waals surface area (Å²) in [4.78, 5) is 4.19. The van der Waals surface area contributed by atoms with Crippen molar-refractivity contribution in [3.05, 3.63) is 40.0 Å². The first-order valence-electron chi connectivity index (χ1n) is 4.44. The number of methoxy groups -OCH3 is 1. The average Bonchev–Trinajstić information content (AvgIpc) is 2.25. The molecular formula is C11H9Cl2NO. The van der Waals surface area contributed by atoms with Crippen molar-refractivity contribution in [2.75, 3.05) is 7.11 Å². The summed E-state index contributed by atoms with van der Waals surface area (Å²) in [5.41, 5.74) is 1.89. The number of aromatic nitrogens is 1. The lowest BCUT2D eigenvalue weighted by molar-refractivity contribution is 0.185. The summed E-state index contributed by atoms with van der Waals surface area (Å²) >= 11 is 12.0. The van der Waals surface area contributed by atoms with Crippen LogP contribution < -0.4 is 0 Å². The zero-order valence-corrected chi connectivity index (χ0v) is 9.64. The van der Waals surface area contributed by atoms with Crippen molar-refractivity contribution >= 4 is 34.1 Å². The molecule has 0 aliphatic carbocycles. The molecule has 0 aliphatic rings. The van der Waals surface area contributed by atoms with E-state index in [9.17, 15) is 0 Å². The molecule has 0 bridgehead atoms. The smallest absolute Gasteiger partial charge is 0.0782 e. The largest absolute Gasteiger partial charge is 0.380 e. The normalized spacial score (nSPS) is 10.9. The topological polar surface area (TPSA) is 22.1 Å². The van der Waals surface area contributed by atoms with E-state index in [1.165, 1.54) is 0 Å². The molecule has 0 unspecified atom stereocenters. The fourth-order valence-corrected chi connectivity index (χ4v) is 1.79. The van der Waals surface area contributed by atoms with Gasteiger partial charge in [-0.2, -0.15) is 0 Å². The molecule has 78 valence electrons. The van der Waals surface area contributed by atoms with Gasteiger partial charge in [-0.05, 0) is 17.7 Å². The van der Waals surface area contributed by atoms with Gasteiger partial charge >= 0.3 is 0 Å². The number of rotatable bonds is 2. The molecule has 2 aromatic rings. The van der Waals surface area contributed by atoms with E-state index < -0.39 is 0 Å². The maximum absolute atomic E-state index is 6.09. The van der Waals surface area contributed by atoms with Gasteiger partial charge in [-0.15, -0.1) is 0 Å². The number of pyridine rings is 1. The summed E-state index contributed by atoms with van der Waals surface area (Å²) in [7, 11) is 1.65. The molecule has 0 fully saturated rings. The van der Waals surface area contributed by atoms with Gasteiger partial charge in [0.15, 0.2) is 0 Å². The van der Waals surface area contributed by atoms with E-state index >= 15 is 0 Å². The van der Waals surface area contributed by atoms with Crippen molar-refractivity contribution in [1.82, 2.24) is 4.98 Å². The number of nitrogens with zero attached hydrogens (tertiary/aromatic N) is 1. The van der Waals surface area contributed by atoms with E-state index in [1.807, 2.05) is 18.2 Å². The van der Waals surface area contributed by atoms with Gasteiger partial charge in [-0.1, -0.05) is 29.3 Å². The molecule has 4 heteroatoms. The first-order chi connectivity index (χ1) is 7.22. The number of halogens is 2. The molecule has 0 radical (unpaired) electrons. The van der Waals surface area contributed by atoms with Crippen LogP contribution in [0.15, 0.2) is 24.4 Å². The van der Waals surface area contributed by atoms with Crippen LogP contribution in [-0.2, 0) is 11.3 Å². The molecular weight excluding hydrogens is 233 g/mol. The standard InChI is InChI=1S/C11H9Cl2NO/c1-15-6-7-2-3-10-8(4-7)11(13)9(12)5-14-10/h2-5H,6H2,1H3. The van der Waals surface area contributed by atoms with Crippen molar-refractivity contribution in [1.29, 1.82) is 0 Å². The predicted octanol–water partition coefficient (Wildman–Crippen LogP) is 3.69. The van der Waals surface area contributed by atoms with E-state index in [-0.39, 0.29) is 0 Å². The number of fused-ring (bicyclic) bond motifs is 1. The number of ether oxygens (including phenoxy) is 1. The SMILES string of the molecule is COCc1ccc2ncc(Cl)c(Cl)c2c1. The molecule has 0 saturated heterocycles.